The van der Waals surface area contributed by atoms with Crippen LogP contribution in [-0.2, 0) is 14.3 Å². The zero-order valence-electron chi connectivity index (χ0n) is 9.32. The highest BCUT2D eigenvalue weighted by atomic mass is 16.6. The second-order valence-electron chi connectivity index (χ2n) is 4.02. The molecule has 0 fully saturated rings. The second-order valence-corrected chi connectivity index (χ2v) is 4.02. The van der Waals surface area contributed by atoms with Crippen molar-refractivity contribution in [1.29, 1.82) is 0 Å². The molecule has 0 saturated heterocycles. The van der Waals surface area contributed by atoms with Crippen molar-refractivity contribution in [2.45, 2.75) is 34.0 Å². The Morgan fingerprint density at radius 2 is 1.86 bits per heavy atom. The molecule has 0 amide bonds. The number of rotatable bonds is 6. The summed E-state index contributed by atoms with van der Waals surface area (Å²) in [5.41, 5.74) is 0. The van der Waals surface area contributed by atoms with Gasteiger partial charge < -0.3 is 14.6 Å². The molecule has 1 N–H and O–H groups in total. The fourth-order valence-corrected chi connectivity index (χ4v) is 0.647. The monoisotopic (exact) mass is 204 g/mol. The van der Waals surface area contributed by atoms with E-state index >= 15 is 0 Å². The van der Waals surface area contributed by atoms with Gasteiger partial charge in [0.2, 0.25) is 0 Å². The number of hydrogen-bond acceptors (Lipinski definition) is 4. The van der Waals surface area contributed by atoms with Gasteiger partial charge >= 0.3 is 5.97 Å². The Morgan fingerprint density at radius 1 is 1.29 bits per heavy atom. The standard InChI is InChI=1S/C10H20O4/c1-7(2)5-13-9(11)6-14-10(12)8(3)4/h7-8,10,12H,5-6H2,1-4H3. The quantitative estimate of drug-likeness (QED) is 0.521. The summed E-state index contributed by atoms with van der Waals surface area (Å²) >= 11 is 0. The van der Waals surface area contributed by atoms with Gasteiger partial charge in [-0.05, 0) is 5.92 Å². The average Bonchev–Trinajstić information content (AvgIpc) is 2.10. The molecule has 1 unspecified atom stereocenters. The van der Waals surface area contributed by atoms with Crippen LogP contribution in [-0.4, -0.2) is 30.6 Å². The number of hydrogen-bond donors (Lipinski definition) is 1. The van der Waals surface area contributed by atoms with Crippen molar-refractivity contribution in [3.05, 3.63) is 0 Å². The summed E-state index contributed by atoms with van der Waals surface area (Å²) in [4.78, 5) is 11.0. The number of ether oxygens (including phenoxy) is 2. The third-order valence-corrected chi connectivity index (χ3v) is 1.52. The molecule has 0 aliphatic heterocycles. The Labute approximate surface area is 85.2 Å². The summed E-state index contributed by atoms with van der Waals surface area (Å²) in [6.45, 7) is 7.73. The first-order chi connectivity index (χ1) is 6.43. The van der Waals surface area contributed by atoms with E-state index in [2.05, 4.69) is 0 Å². The molecule has 0 spiro atoms. The van der Waals surface area contributed by atoms with Gasteiger partial charge in [0.1, 0.15) is 6.61 Å². The fraction of sp³-hybridized carbons (Fsp3) is 0.900. The lowest BCUT2D eigenvalue weighted by molar-refractivity contribution is -0.169. The van der Waals surface area contributed by atoms with E-state index in [0.29, 0.717) is 12.5 Å². The fourth-order valence-electron chi connectivity index (χ4n) is 0.647. The minimum atomic E-state index is -0.901. The molecule has 0 aromatic heterocycles. The third-order valence-electron chi connectivity index (χ3n) is 1.52. The van der Waals surface area contributed by atoms with Crippen molar-refractivity contribution in [2.24, 2.45) is 11.8 Å². The SMILES string of the molecule is CC(C)COC(=O)COC(O)C(C)C. The summed E-state index contributed by atoms with van der Waals surface area (Å²) in [7, 11) is 0. The van der Waals surface area contributed by atoms with Crippen LogP contribution in [0.5, 0.6) is 0 Å². The van der Waals surface area contributed by atoms with E-state index in [-0.39, 0.29) is 12.5 Å². The van der Waals surface area contributed by atoms with Gasteiger partial charge in [-0.15, -0.1) is 0 Å². The van der Waals surface area contributed by atoms with Crippen LogP contribution >= 0.6 is 0 Å². The van der Waals surface area contributed by atoms with Crippen LogP contribution in [0.4, 0.5) is 0 Å². The lowest BCUT2D eigenvalue weighted by Gasteiger charge is -2.14. The molecule has 84 valence electrons. The molecule has 1 atom stereocenters. The zero-order chi connectivity index (χ0) is 11.1. The first-order valence-corrected chi connectivity index (χ1v) is 4.88. The van der Waals surface area contributed by atoms with E-state index in [0.717, 1.165) is 0 Å². The maximum absolute atomic E-state index is 11.0. The molecule has 0 radical (unpaired) electrons. The molecule has 14 heavy (non-hydrogen) atoms. The summed E-state index contributed by atoms with van der Waals surface area (Å²) in [5, 5.41) is 9.22. The van der Waals surface area contributed by atoms with Crippen molar-refractivity contribution in [3.63, 3.8) is 0 Å². The summed E-state index contributed by atoms with van der Waals surface area (Å²) in [6, 6.07) is 0. The van der Waals surface area contributed by atoms with Crippen LogP contribution < -0.4 is 0 Å². The molecule has 0 heterocycles. The maximum Gasteiger partial charge on any atom is 0.332 e. The molecule has 4 heteroatoms. The topological polar surface area (TPSA) is 55.8 Å². The Hall–Kier alpha value is -0.610. The Balaban J connectivity index is 3.54. The molecule has 0 aliphatic rings. The lowest BCUT2D eigenvalue weighted by atomic mass is 10.2. The normalized spacial score (nSPS) is 13.4. The minimum absolute atomic E-state index is 0.0205. The first kappa shape index (κ1) is 13.4. The summed E-state index contributed by atoms with van der Waals surface area (Å²) in [5.74, 6) is -0.139. The number of carbonyl (C=O) groups is 1. The van der Waals surface area contributed by atoms with Crippen molar-refractivity contribution >= 4 is 5.97 Å². The predicted octanol–water partition coefficient (Wildman–Crippen LogP) is 1.18. The van der Waals surface area contributed by atoms with Crippen LogP contribution in [0.3, 0.4) is 0 Å². The molecule has 0 aromatic carbocycles. The van der Waals surface area contributed by atoms with Gasteiger partial charge in [-0.3, -0.25) is 0 Å². The third kappa shape index (κ3) is 6.86. The molecule has 0 aliphatic carbocycles. The molecule has 0 bridgehead atoms. The molecule has 4 nitrogen and oxygen atoms in total. The number of aliphatic hydroxyl groups is 1. The Kier molecular flexibility index (Phi) is 6.49. The lowest BCUT2D eigenvalue weighted by Crippen LogP contribution is -2.24. The van der Waals surface area contributed by atoms with Crippen molar-refractivity contribution in [1.82, 2.24) is 0 Å². The Morgan fingerprint density at radius 3 is 2.29 bits per heavy atom. The van der Waals surface area contributed by atoms with E-state index < -0.39 is 12.3 Å². The van der Waals surface area contributed by atoms with E-state index in [1.54, 1.807) is 0 Å². The average molecular weight is 204 g/mol. The second kappa shape index (κ2) is 6.79. The molecular formula is C10H20O4. The summed E-state index contributed by atoms with van der Waals surface area (Å²) in [6.07, 6.45) is -0.901. The van der Waals surface area contributed by atoms with Gasteiger partial charge in [-0.1, -0.05) is 27.7 Å². The highest BCUT2D eigenvalue weighted by molar-refractivity contribution is 5.70. The smallest absolute Gasteiger partial charge is 0.332 e. The van der Waals surface area contributed by atoms with Crippen LogP contribution in [0.15, 0.2) is 0 Å². The van der Waals surface area contributed by atoms with Crippen molar-refractivity contribution < 1.29 is 19.4 Å². The predicted molar refractivity (Wildman–Crippen MR) is 52.6 cm³/mol. The van der Waals surface area contributed by atoms with Crippen LogP contribution in [0, 0.1) is 11.8 Å². The van der Waals surface area contributed by atoms with Gasteiger partial charge in [0.05, 0.1) is 6.61 Å². The van der Waals surface area contributed by atoms with Gasteiger partial charge in [0, 0.05) is 5.92 Å². The van der Waals surface area contributed by atoms with Crippen LogP contribution in [0.1, 0.15) is 27.7 Å². The van der Waals surface area contributed by atoms with Gasteiger partial charge in [0.15, 0.2) is 6.29 Å². The number of carbonyl (C=O) groups excluding carboxylic acids is 1. The highest BCUT2D eigenvalue weighted by Crippen LogP contribution is 2.02. The van der Waals surface area contributed by atoms with E-state index in [9.17, 15) is 9.90 Å². The number of aliphatic hydroxyl groups excluding tert-OH is 1. The largest absolute Gasteiger partial charge is 0.464 e. The van der Waals surface area contributed by atoms with Crippen LogP contribution in [0.2, 0.25) is 0 Å². The molecule has 0 aromatic rings. The molecule has 0 saturated carbocycles. The zero-order valence-corrected chi connectivity index (χ0v) is 9.32. The summed E-state index contributed by atoms with van der Waals surface area (Å²) < 4.78 is 9.74. The maximum atomic E-state index is 11.0. The van der Waals surface area contributed by atoms with E-state index in [1.165, 1.54) is 0 Å². The van der Waals surface area contributed by atoms with Crippen LogP contribution in [0.25, 0.3) is 0 Å². The van der Waals surface area contributed by atoms with E-state index in [4.69, 9.17) is 9.47 Å². The Bertz CT molecular complexity index is 166. The van der Waals surface area contributed by atoms with Gasteiger partial charge in [0.25, 0.3) is 0 Å². The van der Waals surface area contributed by atoms with E-state index in [1.807, 2.05) is 27.7 Å². The van der Waals surface area contributed by atoms with Crippen molar-refractivity contribution in [3.8, 4) is 0 Å². The van der Waals surface area contributed by atoms with Gasteiger partial charge in [-0.25, -0.2) is 4.79 Å². The molecule has 0 rings (SSSR count). The van der Waals surface area contributed by atoms with Gasteiger partial charge in [-0.2, -0.15) is 0 Å². The first-order valence-electron chi connectivity index (χ1n) is 4.88. The highest BCUT2D eigenvalue weighted by Gasteiger charge is 2.12. The minimum Gasteiger partial charge on any atom is -0.464 e. The van der Waals surface area contributed by atoms with Crippen molar-refractivity contribution in [2.75, 3.05) is 13.2 Å². The number of esters is 1. The molecular weight excluding hydrogens is 184 g/mol.